The molecule has 0 saturated heterocycles. The predicted molar refractivity (Wildman–Crippen MR) is 101 cm³/mol. The van der Waals surface area contributed by atoms with Crippen molar-refractivity contribution >= 4 is 17.5 Å². The third kappa shape index (κ3) is 6.42. The second-order valence-corrected chi connectivity index (χ2v) is 7.83. The minimum Gasteiger partial charge on any atom is -0.444 e. The van der Waals surface area contributed by atoms with Gasteiger partial charge in [-0.3, -0.25) is 5.32 Å². The lowest BCUT2D eigenvalue weighted by atomic mass is 9.98. The number of amides is 1. The third-order valence-corrected chi connectivity index (χ3v) is 4.54. The summed E-state index contributed by atoms with van der Waals surface area (Å²) in [6.45, 7) is 7.88. The molecule has 2 atom stereocenters. The zero-order valence-corrected chi connectivity index (χ0v) is 15.5. The SMILES string of the molecule is CCC1CCCC(Nc2cccc(NC(=O)OC(C)(C)C)c2)CC1. The highest BCUT2D eigenvalue weighted by Crippen LogP contribution is 2.28. The summed E-state index contributed by atoms with van der Waals surface area (Å²) < 4.78 is 5.30. The molecule has 4 nitrogen and oxygen atoms in total. The van der Waals surface area contributed by atoms with Crippen LogP contribution in [0.5, 0.6) is 0 Å². The fraction of sp³-hybridized carbons (Fsp3) is 0.650. The summed E-state index contributed by atoms with van der Waals surface area (Å²) in [6.07, 6.45) is 7.29. The van der Waals surface area contributed by atoms with E-state index in [-0.39, 0.29) is 0 Å². The first-order valence-electron chi connectivity index (χ1n) is 9.22. The highest BCUT2D eigenvalue weighted by Gasteiger charge is 2.18. The van der Waals surface area contributed by atoms with Crippen LogP contribution in [-0.4, -0.2) is 17.7 Å². The number of carbonyl (C=O) groups is 1. The minimum atomic E-state index is -0.490. The Balaban J connectivity index is 1.91. The Hall–Kier alpha value is -1.71. The quantitative estimate of drug-likeness (QED) is 0.685. The molecule has 0 aromatic heterocycles. The monoisotopic (exact) mass is 332 g/mol. The maximum atomic E-state index is 11.9. The Morgan fingerprint density at radius 3 is 2.62 bits per heavy atom. The van der Waals surface area contributed by atoms with Crippen molar-refractivity contribution in [1.29, 1.82) is 0 Å². The lowest BCUT2D eigenvalue weighted by Gasteiger charge is -2.21. The largest absolute Gasteiger partial charge is 0.444 e. The van der Waals surface area contributed by atoms with E-state index in [4.69, 9.17) is 4.74 Å². The van der Waals surface area contributed by atoms with Gasteiger partial charge in [-0.2, -0.15) is 0 Å². The first-order valence-corrected chi connectivity index (χ1v) is 9.22. The summed E-state index contributed by atoms with van der Waals surface area (Å²) in [5.74, 6) is 0.886. The standard InChI is InChI=1S/C20H32N2O2/c1-5-15-8-6-9-16(13-12-15)21-17-10-7-11-18(14-17)22-19(23)24-20(2,3)4/h7,10-11,14-16,21H,5-6,8-9,12-13H2,1-4H3,(H,22,23). The van der Waals surface area contributed by atoms with Crippen LogP contribution in [0.25, 0.3) is 0 Å². The maximum Gasteiger partial charge on any atom is 0.412 e. The number of hydrogen-bond acceptors (Lipinski definition) is 3. The Morgan fingerprint density at radius 2 is 1.92 bits per heavy atom. The van der Waals surface area contributed by atoms with Crippen LogP contribution >= 0.6 is 0 Å². The van der Waals surface area contributed by atoms with Gasteiger partial charge in [-0.25, -0.2) is 4.79 Å². The van der Waals surface area contributed by atoms with E-state index in [0.29, 0.717) is 6.04 Å². The van der Waals surface area contributed by atoms with Crippen molar-refractivity contribution in [3.8, 4) is 0 Å². The van der Waals surface area contributed by atoms with E-state index in [1.165, 1.54) is 38.5 Å². The highest BCUT2D eigenvalue weighted by atomic mass is 16.6. The predicted octanol–water partition coefficient (Wildman–Crippen LogP) is 5.80. The molecule has 2 N–H and O–H groups in total. The van der Waals surface area contributed by atoms with Crippen LogP contribution in [0.1, 0.15) is 66.2 Å². The van der Waals surface area contributed by atoms with Crippen molar-refractivity contribution in [2.75, 3.05) is 10.6 Å². The van der Waals surface area contributed by atoms with Crippen molar-refractivity contribution in [1.82, 2.24) is 0 Å². The number of rotatable bonds is 4. The van der Waals surface area contributed by atoms with Crippen molar-refractivity contribution in [2.24, 2.45) is 5.92 Å². The van der Waals surface area contributed by atoms with Crippen LogP contribution in [0.15, 0.2) is 24.3 Å². The number of benzene rings is 1. The molecule has 2 unspecified atom stereocenters. The molecule has 1 aliphatic rings. The van der Waals surface area contributed by atoms with Gasteiger partial charge in [0.2, 0.25) is 0 Å². The van der Waals surface area contributed by atoms with E-state index in [0.717, 1.165) is 17.3 Å². The molecule has 1 aliphatic carbocycles. The summed E-state index contributed by atoms with van der Waals surface area (Å²) in [5.41, 5.74) is 1.33. The number of anilines is 2. The van der Waals surface area contributed by atoms with Crippen LogP contribution in [0.2, 0.25) is 0 Å². The molecule has 0 spiro atoms. The second-order valence-electron chi connectivity index (χ2n) is 7.83. The van der Waals surface area contributed by atoms with Crippen molar-refractivity contribution < 1.29 is 9.53 Å². The lowest BCUT2D eigenvalue weighted by molar-refractivity contribution is 0.0636. The Morgan fingerprint density at radius 1 is 1.17 bits per heavy atom. The smallest absolute Gasteiger partial charge is 0.412 e. The van der Waals surface area contributed by atoms with E-state index in [1.54, 1.807) is 0 Å². The molecule has 2 rings (SSSR count). The maximum absolute atomic E-state index is 11.9. The zero-order chi connectivity index (χ0) is 17.6. The van der Waals surface area contributed by atoms with Crippen LogP contribution in [0, 0.1) is 5.92 Å². The fourth-order valence-electron chi connectivity index (χ4n) is 3.27. The molecule has 1 aromatic carbocycles. The topological polar surface area (TPSA) is 50.4 Å². The Bertz CT molecular complexity index is 537. The van der Waals surface area contributed by atoms with Gasteiger partial charge in [-0.15, -0.1) is 0 Å². The Kier molecular flexibility index (Phi) is 6.52. The van der Waals surface area contributed by atoms with Gasteiger partial charge in [-0.05, 0) is 64.2 Å². The molecule has 1 aromatic rings. The summed E-state index contributed by atoms with van der Waals surface area (Å²) in [4.78, 5) is 11.9. The molecule has 4 heteroatoms. The molecule has 134 valence electrons. The number of carbonyl (C=O) groups excluding carboxylic acids is 1. The average molecular weight is 332 g/mol. The summed E-state index contributed by atoms with van der Waals surface area (Å²) in [5, 5.41) is 6.44. The first-order chi connectivity index (χ1) is 11.4. The van der Waals surface area contributed by atoms with Crippen molar-refractivity contribution in [3.05, 3.63) is 24.3 Å². The molecule has 0 heterocycles. The van der Waals surface area contributed by atoms with Gasteiger partial charge in [-0.1, -0.05) is 32.3 Å². The van der Waals surface area contributed by atoms with Gasteiger partial charge in [0.1, 0.15) is 5.60 Å². The number of hydrogen-bond donors (Lipinski definition) is 2. The second kappa shape index (κ2) is 8.41. The molecular formula is C20H32N2O2. The molecule has 1 saturated carbocycles. The molecule has 1 fully saturated rings. The van der Waals surface area contributed by atoms with Crippen LogP contribution < -0.4 is 10.6 Å². The zero-order valence-electron chi connectivity index (χ0n) is 15.5. The van der Waals surface area contributed by atoms with Gasteiger partial charge in [0, 0.05) is 17.4 Å². The highest BCUT2D eigenvalue weighted by molar-refractivity contribution is 5.85. The fourth-order valence-corrected chi connectivity index (χ4v) is 3.27. The number of nitrogens with one attached hydrogen (secondary N) is 2. The van der Waals surface area contributed by atoms with Crippen LogP contribution in [0.4, 0.5) is 16.2 Å². The molecule has 0 radical (unpaired) electrons. The van der Waals surface area contributed by atoms with Gasteiger partial charge in [0.05, 0.1) is 0 Å². The Labute approximate surface area is 146 Å². The molecule has 0 bridgehead atoms. The summed E-state index contributed by atoms with van der Waals surface area (Å²) in [7, 11) is 0. The average Bonchev–Trinajstić information content (AvgIpc) is 2.70. The third-order valence-electron chi connectivity index (χ3n) is 4.54. The van der Waals surface area contributed by atoms with E-state index in [9.17, 15) is 4.79 Å². The number of ether oxygens (including phenoxy) is 1. The minimum absolute atomic E-state index is 0.417. The normalized spacial score (nSPS) is 21.7. The van der Waals surface area contributed by atoms with Gasteiger partial charge in [0.15, 0.2) is 0 Å². The van der Waals surface area contributed by atoms with Gasteiger partial charge in [0.25, 0.3) is 0 Å². The van der Waals surface area contributed by atoms with Gasteiger partial charge >= 0.3 is 6.09 Å². The van der Waals surface area contributed by atoms with E-state index >= 15 is 0 Å². The summed E-state index contributed by atoms with van der Waals surface area (Å²) in [6, 6.07) is 8.41. The van der Waals surface area contributed by atoms with Gasteiger partial charge < -0.3 is 10.1 Å². The molecule has 0 aliphatic heterocycles. The van der Waals surface area contributed by atoms with Crippen molar-refractivity contribution in [3.63, 3.8) is 0 Å². The van der Waals surface area contributed by atoms with E-state index in [2.05, 4.69) is 23.6 Å². The van der Waals surface area contributed by atoms with Crippen LogP contribution in [-0.2, 0) is 4.74 Å². The molecule has 1 amide bonds. The summed E-state index contributed by atoms with van der Waals surface area (Å²) >= 11 is 0. The van der Waals surface area contributed by atoms with Crippen molar-refractivity contribution in [2.45, 2.75) is 77.9 Å². The molecule has 24 heavy (non-hydrogen) atoms. The first kappa shape index (κ1) is 18.6. The molecular weight excluding hydrogens is 300 g/mol. The van der Waals surface area contributed by atoms with Crippen LogP contribution in [0.3, 0.4) is 0 Å². The van der Waals surface area contributed by atoms with E-state index in [1.807, 2.05) is 39.0 Å². The lowest BCUT2D eigenvalue weighted by Crippen LogP contribution is -2.27. The van der Waals surface area contributed by atoms with E-state index < -0.39 is 11.7 Å².